The molecular weight excluding hydrogens is 488 g/mol. The number of hydrogen-bond donors (Lipinski definition) is 1. The first kappa shape index (κ1) is 24.5. The Bertz CT molecular complexity index is 1560. The molecule has 0 bridgehead atoms. The molecule has 35 heavy (non-hydrogen) atoms. The van der Waals surface area contributed by atoms with Crippen LogP contribution in [0.1, 0.15) is 5.56 Å². The van der Waals surface area contributed by atoms with Crippen LogP contribution in [0.3, 0.4) is 0 Å². The molecule has 4 aromatic rings. The Labute approximate surface area is 204 Å². The Hall–Kier alpha value is -3.66. The van der Waals surface area contributed by atoms with Crippen LogP contribution in [-0.2, 0) is 20.0 Å². The van der Waals surface area contributed by atoms with Crippen LogP contribution in [0.25, 0.3) is 11.1 Å². The van der Waals surface area contributed by atoms with Crippen LogP contribution in [-0.4, -0.2) is 28.5 Å². The van der Waals surface area contributed by atoms with Gasteiger partial charge in [0.25, 0.3) is 10.1 Å². The van der Waals surface area contributed by atoms with Crippen molar-refractivity contribution in [3.63, 3.8) is 0 Å². The molecule has 4 aromatic carbocycles. The van der Waals surface area contributed by atoms with Gasteiger partial charge in [-0.25, -0.2) is 8.42 Å². The molecule has 0 unspecified atom stereocenters. The van der Waals surface area contributed by atoms with Crippen molar-refractivity contribution in [3.05, 3.63) is 96.6 Å². The molecular formula is C26H22O7S2. The maximum absolute atomic E-state index is 13.0. The quantitative estimate of drug-likeness (QED) is 0.325. The minimum absolute atomic E-state index is 0.0639. The molecule has 1 N–H and O–H groups in total. The predicted molar refractivity (Wildman–Crippen MR) is 131 cm³/mol. The third-order valence-electron chi connectivity index (χ3n) is 5.33. The van der Waals surface area contributed by atoms with Gasteiger partial charge in [0.1, 0.15) is 22.1 Å². The molecule has 180 valence electrons. The van der Waals surface area contributed by atoms with Gasteiger partial charge in [-0.2, -0.15) is 8.42 Å². The van der Waals surface area contributed by atoms with Gasteiger partial charge >= 0.3 is 0 Å². The fourth-order valence-corrected chi connectivity index (χ4v) is 5.49. The maximum atomic E-state index is 13.0. The first-order chi connectivity index (χ1) is 16.6. The number of hydrogen-bond acceptors (Lipinski definition) is 6. The lowest BCUT2D eigenvalue weighted by molar-refractivity contribution is 0.397. The summed E-state index contributed by atoms with van der Waals surface area (Å²) in [6.45, 7) is 2.03. The zero-order valence-electron chi connectivity index (χ0n) is 18.9. The molecule has 0 atom stereocenters. The molecule has 0 amide bonds. The van der Waals surface area contributed by atoms with Crippen LogP contribution in [0.4, 0.5) is 0 Å². The Morgan fingerprint density at radius 2 is 1.14 bits per heavy atom. The average molecular weight is 511 g/mol. The number of rotatable bonds is 7. The summed E-state index contributed by atoms with van der Waals surface area (Å²) in [6.07, 6.45) is 0. The summed E-state index contributed by atoms with van der Waals surface area (Å²) in [4.78, 5) is -0.993. The smallest absolute Gasteiger partial charge is 0.298 e. The van der Waals surface area contributed by atoms with Gasteiger partial charge in [0.15, 0.2) is 0 Å². The lowest BCUT2D eigenvalue weighted by Crippen LogP contribution is -2.06. The fraction of sp³-hybridized carbons (Fsp3) is 0.0769. The summed E-state index contributed by atoms with van der Waals surface area (Å²) in [5.41, 5.74) is 3.32. The first-order valence-electron chi connectivity index (χ1n) is 10.4. The lowest BCUT2D eigenvalue weighted by Gasteiger charge is -2.11. The second-order valence-corrected chi connectivity index (χ2v) is 11.1. The lowest BCUT2D eigenvalue weighted by atomic mass is 10.0. The van der Waals surface area contributed by atoms with Crippen molar-refractivity contribution in [2.24, 2.45) is 0 Å². The van der Waals surface area contributed by atoms with E-state index in [0.717, 1.165) is 17.2 Å². The highest BCUT2D eigenvalue weighted by Crippen LogP contribution is 2.31. The van der Waals surface area contributed by atoms with Crippen molar-refractivity contribution >= 4 is 20.0 Å². The normalized spacial score (nSPS) is 11.7. The molecule has 0 aliphatic carbocycles. The third kappa shape index (κ3) is 5.37. The van der Waals surface area contributed by atoms with E-state index < -0.39 is 24.9 Å². The van der Waals surface area contributed by atoms with Crippen molar-refractivity contribution in [1.29, 1.82) is 0 Å². The predicted octanol–water partition coefficient (Wildman–Crippen LogP) is 5.54. The van der Waals surface area contributed by atoms with Gasteiger partial charge in [0.2, 0.25) is 9.84 Å². The van der Waals surface area contributed by atoms with Gasteiger partial charge in [-0.05, 0) is 72.6 Å². The topological polar surface area (TPSA) is 107 Å². The van der Waals surface area contributed by atoms with E-state index in [1.165, 1.54) is 49.1 Å². The Morgan fingerprint density at radius 1 is 0.657 bits per heavy atom. The Morgan fingerprint density at radius 3 is 1.66 bits per heavy atom. The SMILES string of the molecule is COc1ccc(S(=O)(=O)c2ccc(Oc3ccc(-c4ccc(C)cc4)cc3)cc2)cc1S(=O)(=O)O. The van der Waals surface area contributed by atoms with Crippen molar-refractivity contribution in [3.8, 4) is 28.4 Å². The minimum Gasteiger partial charge on any atom is -0.495 e. The van der Waals surface area contributed by atoms with Crippen molar-refractivity contribution < 1.29 is 30.9 Å². The highest BCUT2D eigenvalue weighted by atomic mass is 32.2. The summed E-state index contributed by atoms with van der Waals surface area (Å²) in [5.74, 6) is 0.855. The molecule has 0 saturated heterocycles. The minimum atomic E-state index is -4.68. The Kier molecular flexibility index (Phi) is 6.66. The van der Waals surface area contributed by atoms with E-state index >= 15 is 0 Å². The van der Waals surface area contributed by atoms with E-state index in [1.54, 1.807) is 0 Å². The van der Waals surface area contributed by atoms with Gasteiger partial charge in [0.05, 0.1) is 16.9 Å². The average Bonchev–Trinajstić information content (AvgIpc) is 2.84. The van der Waals surface area contributed by atoms with Crippen LogP contribution in [0, 0.1) is 6.92 Å². The summed E-state index contributed by atoms with van der Waals surface area (Å²) in [7, 11) is -7.53. The molecule has 0 aliphatic rings. The van der Waals surface area contributed by atoms with Crippen molar-refractivity contribution in [2.75, 3.05) is 7.11 Å². The summed E-state index contributed by atoms with van der Waals surface area (Å²) < 4.78 is 69.4. The first-order valence-corrected chi connectivity index (χ1v) is 13.4. The van der Waals surface area contributed by atoms with Crippen LogP contribution in [0.5, 0.6) is 17.2 Å². The molecule has 4 rings (SSSR count). The second kappa shape index (κ2) is 9.53. The van der Waals surface area contributed by atoms with E-state index in [9.17, 15) is 21.4 Å². The number of methoxy groups -OCH3 is 1. The molecule has 9 heteroatoms. The third-order valence-corrected chi connectivity index (χ3v) is 7.97. The van der Waals surface area contributed by atoms with Crippen LogP contribution in [0.15, 0.2) is 106 Å². The summed E-state index contributed by atoms with van der Waals surface area (Å²) in [5, 5.41) is 0. The van der Waals surface area contributed by atoms with Crippen molar-refractivity contribution in [2.45, 2.75) is 21.6 Å². The molecule has 0 saturated carbocycles. The standard InChI is InChI=1S/C26H22O7S2/c1-18-3-5-19(6-4-18)20-7-9-21(10-8-20)33-22-11-13-23(14-12-22)34(27,28)24-15-16-25(32-2)26(17-24)35(29,30)31/h3-17H,1-2H3,(H,29,30,31). The van der Waals surface area contributed by atoms with Gasteiger partial charge in [0, 0.05) is 0 Å². The molecule has 0 radical (unpaired) electrons. The van der Waals surface area contributed by atoms with E-state index in [-0.39, 0.29) is 15.5 Å². The number of benzene rings is 4. The zero-order valence-corrected chi connectivity index (χ0v) is 20.5. The monoisotopic (exact) mass is 510 g/mol. The van der Waals surface area contributed by atoms with E-state index in [0.29, 0.717) is 11.5 Å². The van der Waals surface area contributed by atoms with Crippen LogP contribution >= 0.6 is 0 Å². The second-order valence-electron chi connectivity index (χ2n) is 7.76. The summed E-state index contributed by atoms with van der Waals surface area (Å²) in [6, 6.07) is 24.7. The fourth-order valence-electron chi connectivity index (χ4n) is 3.45. The Balaban J connectivity index is 1.54. The van der Waals surface area contributed by atoms with Gasteiger partial charge in [-0.3, -0.25) is 4.55 Å². The molecule has 0 spiro atoms. The van der Waals surface area contributed by atoms with Gasteiger partial charge < -0.3 is 9.47 Å². The number of aryl methyl sites for hydroxylation is 1. The molecule has 0 heterocycles. The molecule has 0 aromatic heterocycles. The highest BCUT2D eigenvalue weighted by molar-refractivity contribution is 7.91. The molecule has 0 aliphatic heterocycles. The molecule has 7 nitrogen and oxygen atoms in total. The summed E-state index contributed by atoms with van der Waals surface area (Å²) >= 11 is 0. The van der Waals surface area contributed by atoms with Gasteiger partial charge in [-0.1, -0.05) is 42.0 Å². The van der Waals surface area contributed by atoms with E-state index in [4.69, 9.17) is 9.47 Å². The van der Waals surface area contributed by atoms with E-state index in [2.05, 4.69) is 0 Å². The van der Waals surface area contributed by atoms with Crippen molar-refractivity contribution in [1.82, 2.24) is 0 Å². The van der Waals surface area contributed by atoms with Crippen LogP contribution < -0.4 is 9.47 Å². The van der Waals surface area contributed by atoms with E-state index in [1.807, 2.05) is 55.5 Å². The zero-order chi connectivity index (χ0) is 25.2. The van der Waals surface area contributed by atoms with Gasteiger partial charge in [-0.15, -0.1) is 0 Å². The largest absolute Gasteiger partial charge is 0.495 e. The number of ether oxygens (including phenoxy) is 2. The molecule has 0 fully saturated rings. The highest BCUT2D eigenvalue weighted by Gasteiger charge is 2.24. The maximum Gasteiger partial charge on any atom is 0.298 e. The number of sulfone groups is 1. The van der Waals surface area contributed by atoms with Crippen LogP contribution in [0.2, 0.25) is 0 Å².